The second-order valence-electron chi connectivity index (χ2n) is 3.66. The summed E-state index contributed by atoms with van der Waals surface area (Å²) in [4.78, 5) is 2.51. The first-order chi connectivity index (χ1) is 7.29. The van der Waals surface area contributed by atoms with Gasteiger partial charge in [0.25, 0.3) is 0 Å². The minimum Gasteiger partial charge on any atom is -0.372 e. The average molecular weight is 209 g/mol. The molecule has 0 unspecified atom stereocenters. The first-order valence-electron chi connectivity index (χ1n) is 6.38. The molecule has 0 radical (unpaired) electrons. The summed E-state index contributed by atoms with van der Waals surface area (Å²) in [5, 5.41) is 0. The summed E-state index contributed by atoms with van der Waals surface area (Å²) in [7, 11) is 0. The molecule has 1 aliphatic heterocycles. The zero-order chi connectivity index (χ0) is 11.7. The van der Waals surface area contributed by atoms with E-state index in [4.69, 9.17) is 0 Å². The molecule has 0 N–H and O–H groups in total. The van der Waals surface area contributed by atoms with Gasteiger partial charge in [0.05, 0.1) is 0 Å². The summed E-state index contributed by atoms with van der Waals surface area (Å²) >= 11 is 0. The Morgan fingerprint density at radius 2 is 1.73 bits per heavy atom. The molecule has 0 aliphatic carbocycles. The second-order valence-corrected chi connectivity index (χ2v) is 3.66. The Hall–Kier alpha value is -0.720. The average Bonchev–Trinajstić information content (AvgIpc) is 2.81. The Morgan fingerprint density at radius 1 is 1.20 bits per heavy atom. The van der Waals surface area contributed by atoms with E-state index in [2.05, 4.69) is 37.8 Å². The Labute approximate surface area is 95.9 Å². The fourth-order valence-electron chi connectivity index (χ4n) is 1.84. The molecule has 88 valence electrons. The van der Waals surface area contributed by atoms with Gasteiger partial charge in [0.15, 0.2) is 0 Å². The molecule has 1 nitrogen and oxygen atoms in total. The third-order valence-electron chi connectivity index (χ3n) is 2.68. The largest absolute Gasteiger partial charge is 0.372 e. The van der Waals surface area contributed by atoms with Crippen molar-refractivity contribution in [2.45, 2.75) is 53.9 Å². The van der Waals surface area contributed by atoms with Crippen LogP contribution in [-0.2, 0) is 0 Å². The van der Waals surface area contributed by atoms with Gasteiger partial charge < -0.3 is 4.90 Å². The van der Waals surface area contributed by atoms with E-state index in [-0.39, 0.29) is 0 Å². The van der Waals surface area contributed by atoms with Crippen molar-refractivity contribution in [3.8, 4) is 0 Å². The van der Waals surface area contributed by atoms with Crippen molar-refractivity contribution in [2.24, 2.45) is 0 Å². The van der Waals surface area contributed by atoms with Crippen molar-refractivity contribution in [3.63, 3.8) is 0 Å². The maximum atomic E-state index is 2.51. The molecule has 0 bridgehead atoms. The molecule has 1 saturated heterocycles. The third kappa shape index (κ3) is 4.55. The van der Waals surface area contributed by atoms with Crippen LogP contribution < -0.4 is 0 Å². The van der Waals surface area contributed by atoms with Crippen LogP contribution in [0, 0.1) is 0 Å². The van der Waals surface area contributed by atoms with E-state index in [1.54, 1.807) is 0 Å². The maximum Gasteiger partial charge on any atom is 0.0351 e. The summed E-state index contributed by atoms with van der Waals surface area (Å²) in [6.45, 7) is 13.0. The van der Waals surface area contributed by atoms with Crippen molar-refractivity contribution in [1.29, 1.82) is 0 Å². The highest BCUT2D eigenvalue weighted by atomic mass is 15.1. The molecule has 1 rings (SSSR count). The smallest absolute Gasteiger partial charge is 0.0351 e. The van der Waals surface area contributed by atoms with Gasteiger partial charge >= 0.3 is 0 Å². The lowest BCUT2D eigenvalue weighted by atomic mass is 10.1. The molecule has 0 spiro atoms. The first-order valence-corrected chi connectivity index (χ1v) is 6.38. The summed E-state index contributed by atoms with van der Waals surface area (Å²) in [6.07, 6.45) is 8.41. The lowest BCUT2D eigenvalue weighted by molar-refractivity contribution is 0.432. The normalized spacial score (nSPS) is 17.5. The highest BCUT2D eigenvalue weighted by Gasteiger charge is 2.14. The molecule has 0 amide bonds. The Morgan fingerprint density at radius 3 is 2.13 bits per heavy atom. The summed E-state index contributed by atoms with van der Waals surface area (Å²) in [5.41, 5.74) is 2.88. The Bertz CT molecular complexity index is 207. The van der Waals surface area contributed by atoms with Crippen LogP contribution in [0.5, 0.6) is 0 Å². The van der Waals surface area contributed by atoms with Crippen LogP contribution in [0.15, 0.2) is 23.4 Å². The summed E-state index contributed by atoms with van der Waals surface area (Å²) in [5.74, 6) is 0. The van der Waals surface area contributed by atoms with Crippen LogP contribution in [0.1, 0.15) is 53.9 Å². The molecule has 15 heavy (non-hydrogen) atoms. The predicted molar refractivity (Wildman–Crippen MR) is 70.0 cm³/mol. The van der Waals surface area contributed by atoms with Crippen LogP contribution in [0.25, 0.3) is 0 Å². The Kier molecular flexibility index (Phi) is 8.17. The van der Waals surface area contributed by atoms with Crippen molar-refractivity contribution in [2.75, 3.05) is 13.1 Å². The molecular weight excluding hydrogens is 182 g/mol. The van der Waals surface area contributed by atoms with E-state index in [1.165, 1.54) is 37.2 Å². The van der Waals surface area contributed by atoms with Gasteiger partial charge in [0.2, 0.25) is 0 Å². The van der Waals surface area contributed by atoms with Gasteiger partial charge in [0, 0.05) is 18.8 Å². The molecule has 1 heterocycles. The monoisotopic (exact) mass is 209 g/mol. The van der Waals surface area contributed by atoms with E-state index >= 15 is 0 Å². The van der Waals surface area contributed by atoms with Crippen LogP contribution in [0.3, 0.4) is 0 Å². The highest BCUT2D eigenvalue weighted by Crippen LogP contribution is 2.21. The van der Waals surface area contributed by atoms with Crippen LogP contribution in [-0.4, -0.2) is 18.0 Å². The summed E-state index contributed by atoms with van der Waals surface area (Å²) < 4.78 is 0. The Balaban J connectivity index is 0.000000921. The lowest BCUT2D eigenvalue weighted by Crippen LogP contribution is -2.19. The van der Waals surface area contributed by atoms with Crippen LogP contribution in [0.2, 0.25) is 0 Å². The standard InChI is InChI=1S/C12H21N.C2H6/c1-4-8-12(11(3)5-2)13-9-6-7-10-13;1-2/h5,8H,4,6-7,9-10H2,1-3H3;1-2H3/b11-5-,12-8+;. The first kappa shape index (κ1) is 14.3. The van der Waals surface area contributed by atoms with Gasteiger partial charge in [-0.15, -0.1) is 0 Å². The summed E-state index contributed by atoms with van der Waals surface area (Å²) in [6, 6.07) is 0. The van der Waals surface area contributed by atoms with Gasteiger partial charge in [-0.25, -0.2) is 0 Å². The number of nitrogens with zero attached hydrogens (tertiary/aromatic N) is 1. The zero-order valence-electron chi connectivity index (χ0n) is 11.1. The van der Waals surface area contributed by atoms with E-state index in [9.17, 15) is 0 Å². The van der Waals surface area contributed by atoms with Gasteiger partial charge in [-0.2, -0.15) is 0 Å². The molecule has 0 aromatic carbocycles. The van der Waals surface area contributed by atoms with Gasteiger partial charge in [-0.3, -0.25) is 0 Å². The van der Waals surface area contributed by atoms with Crippen LogP contribution in [0.4, 0.5) is 0 Å². The zero-order valence-corrected chi connectivity index (χ0v) is 11.1. The fourth-order valence-corrected chi connectivity index (χ4v) is 1.84. The van der Waals surface area contributed by atoms with Gasteiger partial charge in [0.1, 0.15) is 0 Å². The van der Waals surface area contributed by atoms with Crippen molar-refractivity contribution in [3.05, 3.63) is 23.4 Å². The number of hydrogen-bond donors (Lipinski definition) is 0. The van der Waals surface area contributed by atoms with E-state index in [0.717, 1.165) is 6.42 Å². The van der Waals surface area contributed by atoms with Crippen molar-refractivity contribution >= 4 is 0 Å². The fraction of sp³-hybridized carbons (Fsp3) is 0.714. The molecule has 0 saturated carbocycles. The number of likely N-dealkylation sites (tertiary alicyclic amines) is 1. The van der Waals surface area contributed by atoms with Gasteiger partial charge in [-0.1, -0.05) is 32.9 Å². The predicted octanol–water partition coefficient (Wildman–Crippen LogP) is 4.37. The minimum atomic E-state index is 1.14. The second kappa shape index (κ2) is 8.58. The molecule has 0 aromatic rings. The SMILES string of the molecule is C/C=C(C)\C(=C/CC)N1CCCC1.CC. The van der Waals surface area contributed by atoms with E-state index in [1.807, 2.05) is 13.8 Å². The highest BCUT2D eigenvalue weighted by molar-refractivity contribution is 5.27. The van der Waals surface area contributed by atoms with Gasteiger partial charge in [-0.05, 0) is 38.7 Å². The quantitative estimate of drug-likeness (QED) is 0.624. The number of rotatable bonds is 3. The molecular formula is C14H27N. The van der Waals surface area contributed by atoms with Crippen molar-refractivity contribution in [1.82, 2.24) is 4.90 Å². The van der Waals surface area contributed by atoms with Crippen molar-refractivity contribution < 1.29 is 0 Å². The number of allylic oxidation sites excluding steroid dienone is 3. The molecule has 0 aromatic heterocycles. The lowest BCUT2D eigenvalue weighted by Gasteiger charge is -2.22. The van der Waals surface area contributed by atoms with Crippen LogP contribution >= 0.6 is 0 Å². The molecule has 0 atom stereocenters. The number of hydrogen-bond acceptors (Lipinski definition) is 1. The topological polar surface area (TPSA) is 3.24 Å². The molecule has 1 heteroatoms. The third-order valence-corrected chi connectivity index (χ3v) is 2.68. The molecule has 1 aliphatic rings. The minimum absolute atomic E-state index is 1.14. The molecule has 1 fully saturated rings. The van der Waals surface area contributed by atoms with E-state index in [0.29, 0.717) is 0 Å². The van der Waals surface area contributed by atoms with E-state index < -0.39 is 0 Å². The maximum absolute atomic E-state index is 2.51.